The van der Waals surface area contributed by atoms with Gasteiger partial charge in [-0.15, -0.1) is 0 Å². The van der Waals surface area contributed by atoms with E-state index in [1.54, 1.807) is 21.5 Å². The number of pyridine rings is 1. The van der Waals surface area contributed by atoms with Crippen LogP contribution in [0.4, 0.5) is 14.6 Å². The maximum Gasteiger partial charge on any atom is 0.287 e. The zero-order valence-electron chi connectivity index (χ0n) is 22.5. The Morgan fingerprint density at radius 3 is 2.45 bits per heavy atom. The largest absolute Gasteiger partial charge is 0.385 e. The average molecular weight is 544 g/mol. The lowest BCUT2D eigenvalue weighted by Crippen LogP contribution is -2.49. The van der Waals surface area contributed by atoms with Gasteiger partial charge in [0.25, 0.3) is 5.66 Å². The number of allylic oxidation sites excluding steroid dienone is 5. The molecule has 3 rings (SSSR count). The predicted octanol–water partition coefficient (Wildman–Crippen LogP) is 5.14. The fraction of sp³-hybridized carbons (Fsp3) is 0.464. The number of halogens is 2. The summed E-state index contributed by atoms with van der Waals surface area (Å²) < 4.78 is 28.2. The molecule has 1 aromatic rings. The molecule has 2 aliphatic heterocycles. The van der Waals surface area contributed by atoms with E-state index in [1.807, 2.05) is 37.0 Å². The first-order valence-electron chi connectivity index (χ1n) is 13.1. The van der Waals surface area contributed by atoms with E-state index >= 15 is 0 Å². The molecular formula is C28H40F2N7P. The summed E-state index contributed by atoms with van der Waals surface area (Å²) in [5, 5.41) is 3.42. The third-order valence-electron chi connectivity index (χ3n) is 6.63. The minimum atomic E-state index is -3.04. The highest BCUT2D eigenvalue weighted by Gasteiger charge is 2.32. The van der Waals surface area contributed by atoms with E-state index in [1.165, 1.54) is 12.5 Å². The third-order valence-corrected chi connectivity index (χ3v) is 6.94. The number of nitrogens with zero attached hydrogens (tertiary/aromatic N) is 6. The molecule has 0 saturated carbocycles. The number of guanidine groups is 1. The Kier molecular flexibility index (Phi) is 11.0. The molecule has 1 aromatic heterocycles. The van der Waals surface area contributed by atoms with Crippen LogP contribution in [0.15, 0.2) is 76.3 Å². The first kappa shape index (κ1) is 29.5. The Bertz CT molecular complexity index is 1080. The van der Waals surface area contributed by atoms with Crippen LogP contribution in [0.5, 0.6) is 0 Å². The van der Waals surface area contributed by atoms with Crippen LogP contribution in [0.25, 0.3) is 0 Å². The number of aromatic nitrogens is 1. The summed E-state index contributed by atoms with van der Waals surface area (Å²) in [4.78, 5) is 19.7. The van der Waals surface area contributed by atoms with Gasteiger partial charge in [-0.2, -0.15) is 13.8 Å². The second-order valence-electron chi connectivity index (χ2n) is 9.50. The predicted molar refractivity (Wildman–Crippen MR) is 158 cm³/mol. The van der Waals surface area contributed by atoms with E-state index in [0.717, 1.165) is 43.0 Å². The van der Waals surface area contributed by atoms with Crippen molar-refractivity contribution < 1.29 is 8.78 Å². The molecule has 0 amide bonds. The number of piperazine rings is 1. The number of nitrogens with one attached hydrogen (secondary N) is 1. The lowest BCUT2D eigenvalue weighted by Gasteiger charge is -2.37. The maximum absolute atomic E-state index is 14.1. The molecule has 2 aliphatic rings. The number of alkyl halides is 2. The minimum Gasteiger partial charge on any atom is -0.385 e. The Hall–Kier alpha value is -3.06. The summed E-state index contributed by atoms with van der Waals surface area (Å²) in [5.41, 5.74) is -0.973. The maximum atomic E-state index is 14.1. The molecule has 0 aliphatic carbocycles. The highest BCUT2D eigenvalue weighted by molar-refractivity contribution is 7.17. The van der Waals surface area contributed by atoms with Gasteiger partial charge in [0, 0.05) is 57.7 Å². The summed E-state index contributed by atoms with van der Waals surface area (Å²) >= 11 is 0. The quantitative estimate of drug-likeness (QED) is 0.202. The van der Waals surface area contributed by atoms with Crippen molar-refractivity contribution in [3.8, 4) is 0 Å². The van der Waals surface area contributed by atoms with Crippen LogP contribution in [-0.4, -0.2) is 73.3 Å². The van der Waals surface area contributed by atoms with Crippen molar-refractivity contribution in [2.75, 3.05) is 50.7 Å². The molecule has 1 unspecified atom stereocenters. The topological polar surface area (TPSA) is 59.4 Å². The molecule has 0 bridgehead atoms. The molecule has 7 nitrogen and oxygen atoms in total. The second-order valence-corrected chi connectivity index (χ2v) is 10.2. The molecule has 0 aromatic carbocycles. The molecule has 2 fully saturated rings. The SMILES string of the molecule is C=C/C(C)=C\C=C(/C)NC/C=C(\N=C(/N=C)N1CCN(c2ncccc2C(F)(F)P)CC1)N1CCCCC1. The van der Waals surface area contributed by atoms with Crippen LogP contribution in [0.3, 0.4) is 0 Å². The van der Waals surface area contributed by atoms with Gasteiger partial charge >= 0.3 is 0 Å². The van der Waals surface area contributed by atoms with E-state index in [-0.39, 0.29) is 5.56 Å². The zero-order valence-corrected chi connectivity index (χ0v) is 23.7. The van der Waals surface area contributed by atoms with Gasteiger partial charge in [0.1, 0.15) is 11.6 Å². The van der Waals surface area contributed by atoms with E-state index in [0.29, 0.717) is 44.5 Å². The molecule has 3 heterocycles. The van der Waals surface area contributed by atoms with E-state index in [9.17, 15) is 8.78 Å². The van der Waals surface area contributed by atoms with E-state index in [2.05, 4.69) is 44.5 Å². The molecule has 206 valence electrons. The fourth-order valence-electron chi connectivity index (χ4n) is 4.39. The Labute approximate surface area is 228 Å². The standard InChI is InChI=1S/C28H40F2N7P/c1-5-22(2)11-12-23(3)32-15-13-25(35-16-7-6-8-17-35)34-27(31-4)37-20-18-36(19-21-37)26-24(28(29,30)38)10-9-14-33-26/h5,9-14,32H,1,4,6-8,15-21,38H2,2-3H3/b22-11-,23-12+,25-13+,34-27+. The summed E-state index contributed by atoms with van der Waals surface area (Å²) in [7, 11) is 1.61. The van der Waals surface area contributed by atoms with Crippen molar-refractivity contribution >= 4 is 27.7 Å². The average Bonchev–Trinajstić information content (AvgIpc) is 2.93. The minimum absolute atomic E-state index is 0.0866. The van der Waals surface area contributed by atoms with Crippen LogP contribution in [0.1, 0.15) is 38.7 Å². The van der Waals surface area contributed by atoms with Crippen molar-refractivity contribution in [3.05, 3.63) is 71.9 Å². The number of hydrogen-bond acceptors (Lipinski definition) is 5. The number of rotatable bonds is 9. The number of piperidine rings is 1. The van der Waals surface area contributed by atoms with Gasteiger partial charge in [0.2, 0.25) is 5.96 Å². The van der Waals surface area contributed by atoms with Crippen LogP contribution >= 0.6 is 9.24 Å². The molecular weight excluding hydrogens is 503 g/mol. The fourth-order valence-corrected chi connectivity index (χ4v) is 4.62. The van der Waals surface area contributed by atoms with Crippen LogP contribution < -0.4 is 10.2 Å². The lowest BCUT2D eigenvalue weighted by atomic mass is 10.1. The van der Waals surface area contributed by atoms with E-state index in [4.69, 9.17) is 4.99 Å². The Morgan fingerprint density at radius 2 is 1.82 bits per heavy atom. The second kappa shape index (κ2) is 14.2. The zero-order chi connectivity index (χ0) is 27.5. The summed E-state index contributed by atoms with van der Waals surface area (Å²) in [5.74, 6) is 1.75. The summed E-state index contributed by atoms with van der Waals surface area (Å²) in [6.07, 6.45) is 13.0. The normalized spacial score (nSPS) is 18.5. The number of hydrogen-bond donors (Lipinski definition) is 1. The van der Waals surface area contributed by atoms with Crippen LogP contribution in [-0.2, 0) is 5.66 Å². The van der Waals surface area contributed by atoms with Gasteiger partial charge in [-0.05, 0) is 64.1 Å². The van der Waals surface area contributed by atoms with Gasteiger partial charge in [-0.3, -0.25) is 0 Å². The number of anilines is 1. The van der Waals surface area contributed by atoms with Crippen molar-refractivity contribution in [2.45, 2.75) is 38.8 Å². The molecule has 0 spiro atoms. The third kappa shape index (κ3) is 8.48. The highest BCUT2D eigenvalue weighted by atomic mass is 31.0. The Morgan fingerprint density at radius 1 is 1.11 bits per heavy atom. The van der Waals surface area contributed by atoms with Crippen LogP contribution in [0.2, 0.25) is 0 Å². The van der Waals surface area contributed by atoms with Gasteiger partial charge in [-0.1, -0.05) is 33.5 Å². The number of likely N-dealkylation sites (tertiary alicyclic amines) is 1. The Balaban J connectivity index is 1.73. The van der Waals surface area contributed by atoms with Crippen molar-refractivity contribution in [1.29, 1.82) is 0 Å². The smallest absolute Gasteiger partial charge is 0.287 e. The molecule has 1 atom stereocenters. The molecule has 10 heteroatoms. The van der Waals surface area contributed by atoms with Crippen molar-refractivity contribution in [1.82, 2.24) is 20.1 Å². The summed E-state index contributed by atoms with van der Waals surface area (Å²) in [6.45, 7) is 16.4. The monoisotopic (exact) mass is 543 g/mol. The molecule has 0 radical (unpaired) electrons. The first-order valence-corrected chi connectivity index (χ1v) is 13.6. The van der Waals surface area contributed by atoms with E-state index < -0.39 is 5.66 Å². The van der Waals surface area contributed by atoms with Gasteiger partial charge < -0.3 is 20.0 Å². The summed E-state index contributed by atoms with van der Waals surface area (Å²) in [6, 6.07) is 2.97. The van der Waals surface area contributed by atoms with Gasteiger partial charge in [0.15, 0.2) is 0 Å². The van der Waals surface area contributed by atoms with Gasteiger partial charge in [-0.25, -0.2) is 9.98 Å². The lowest BCUT2D eigenvalue weighted by molar-refractivity contribution is 0.104. The molecule has 38 heavy (non-hydrogen) atoms. The molecule has 2 saturated heterocycles. The highest BCUT2D eigenvalue weighted by Crippen LogP contribution is 2.39. The van der Waals surface area contributed by atoms with Crippen LogP contribution in [0, 0.1) is 0 Å². The first-order chi connectivity index (χ1) is 18.2. The number of aliphatic imine (C=N–C) groups is 2. The molecule has 1 N–H and O–H groups in total. The van der Waals surface area contributed by atoms with Crippen molar-refractivity contribution in [2.24, 2.45) is 9.98 Å². The van der Waals surface area contributed by atoms with Gasteiger partial charge in [0.05, 0.1) is 5.56 Å². The van der Waals surface area contributed by atoms with Crippen molar-refractivity contribution in [3.63, 3.8) is 0 Å².